The van der Waals surface area contributed by atoms with Crippen molar-refractivity contribution in [2.24, 2.45) is 0 Å². The second-order valence-corrected chi connectivity index (χ2v) is 5.25. The third-order valence-corrected chi connectivity index (χ3v) is 2.33. The standard InChI is InChI=1S/C8H7ClO3S/c9-13(11,12)6-8(10)7-4-2-1-3-5-7/h1-5H,6H2. The normalized spacial score (nSPS) is 11.2. The molecule has 0 fully saturated rings. The molecule has 0 saturated carbocycles. The first-order valence-electron chi connectivity index (χ1n) is 3.49. The van der Waals surface area contributed by atoms with Gasteiger partial charge in [-0.05, 0) is 0 Å². The Morgan fingerprint density at radius 1 is 1.23 bits per heavy atom. The molecule has 0 unspecified atom stereocenters. The van der Waals surface area contributed by atoms with Crippen LogP contribution in [0.5, 0.6) is 0 Å². The fourth-order valence-electron chi connectivity index (χ4n) is 0.864. The van der Waals surface area contributed by atoms with Gasteiger partial charge in [0.25, 0.3) is 0 Å². The molecule has 0 spiro atoms. The van der Waals surface area contributed by atoms with Gasteiger partial charge in [0, 0.05) is 16.2 Å². The van der Waals surface area contributed by atoms with Gasteiger partial charge >= 0.3 is 0 Å². The minimum Gasteiger partial charge on any atom is -0.293 e. The predicted octanol–water partition coefficient (Wildman–Crippen LogP) is 1.44. The Morgan fingerprint density at radius 3 is 2.23 bits per heavy atom. The fourth-order valence-corrected chi connectivity index (χ4v) is 1.64. The molecule has 3 nitrogen and oxygen atoms in total. The summed E-state index contributed by atoms with van der Waals surface area (Å²) in [6, 6.07) is 8.16. The van der Waals surface area contributed by atoms with Gasteiger partial charge in [-0.25, -0.2) is 8.42 Å². The van der Waals surface area contributed by atoms with Gasteiger partial charge < -0.3 is 0 Å². The lowest BCUT2D eigenvalue weighted by Gasteiger charge is -1.96. The molecule has 0 bridgehead atoms. The molecule has 0 N–H and O–H groups in total. The number of halogens is 1. The summed E-state index contributed by atoms with van der Waals surface area (Å²) >= 11 is 0. The van der Waals surface area contributed by atoms with E-state index in [-0.39, 0.29) is 0 Å². The van der Waals surface area contributed by atoms with Crippen LogP contribution in [-0.4, -0.2) is 20.0 Å². The van der Waals surface area contributed by atoms with Crippen molar-refractivity contribution < 1.29 is 13.2 Å². The van der Waals surface area contributed by atoms with Crippen molar-refractivity contribution in [3.05, 3.63) is 35.9 Å². The van der Waals surface area contributed by atoms with Crippen LogP contribution in [0.15, 0.2) is 30.3 Å². The Morgan fingerprint density at radius 2 is 1.77 bits per heavy atom. The van der Waals surface area contributed by atoms with Crippen molar-refractivity contribution in [3.63, 3.8) is 0 Å². The SMILES string of the molecule is O=C(CS(=O)(=O)Cl)c1ccccc1. The number of carbonyl (C=O) groups excluding carboxylic acids is 1. The Labute approximate surface area is 80.8 Å². The lowest BCUT2D eigenvalue weighted by Crippen LogP contribution is -2.10. The molecule has 13 heavy (non-hydrogen) atoms. The molecule has 0 aliphatic carbocycles. The van der Waals surface area contributed by atoms with Crippen molar-refractivity contribution in [2.45, 2.75) is 0 Å². The number of carbonyl (C=O) groups is 1. The minimum absolute atomic E-state index is 0.353. The first-order chi connectivity index (χ1) is 5.99. The number of hydrogen-bond donors (Lipinski definition) is 0. The van der Waals surface area contributed by atoms with Crippen LogP contribution in [0.4, 0.5) is 0 Å². The van der Waals surface area contributed by atoms with Gasteiger partial charge in [0.05, 0.1) is 0 Å². The average molecular weight is 219 g/mol. The summed E-state index contributed by atoms with van der Waals surface area (Å²) in [6.45, 7) is 0. The zero-order chi connectivity index (χ0) is 9.90. The van der Waals surface area contributed by atoms with Crippen molar-refractivity contribution in [1.82, 2.24) is 0 Å². The van der Waals surface area contributed by atoms with Crippen LogP contribution in [0, 0.1) is 0 Å². The van der Waals surface area contributed by atoms with Gasteiger partial charge in [0.15, 0.2) is 5.78 Å². The van der Waals surface area contributed by atoms with E-state index in [9.17, 15) is 13.2 Å². The van der Waals surface area contributed by atoms with Gasteiger partial charge in [-0.1, -0.05) is 30.3 Å². The van der Waals surface area contributed by atoms with E-state index in [2.05, 4.69) is 0 Å². The summed E-state index contributed by atoms with van der Waals surface area (Å²) < 4.78 is 21.1. The molecule has 1 aromatic rings. The zero-order valence-electron chi connectivity index (χ0n) is 6.60. The van der Waals surface area contributed by atoms with Crippen LogP contribution in [0.25, 0.3) is 0 Å². The Balaban J connectivity index is 2.82. The summed E-state index contributed by atoms with van der Waals surface area (Å²) in [4.78, 5) is 11.2. The van der Waals surface area contributed by atoms with Gasteiger partial charge in [0.1, 0.15) is 5.75 Å². The third-order valence-electron chi connectivity index (χ3n) is 1.40. The Bertz CT molecular complexity index is 397. The van der Waals surface area contributed by atoms with Gasteiger partial charge in [-0.2, -0.15) is 0 Å². The topological polar surface area (TPSA) is 51.2 Å². The fraction of sp³-hybridized carbons (Fsp3) is 0.125. The Kier molecular flexibility index (Phi) is 3.06. The average Bonchev–Trinajstić information content (AvgIpc) is 2.03. The van der Waals surface area contributed by atoms with E-state index in [1.807, 2.05) is 0 Å². The third kappa shape index (κ3) is 3.57. The quantitative estimate of drug-likeness (QED) is 0.570. The van der Waals surface area contributed by atoms with E-state index >= 15 is 0 Å². The summed E-state index contributed by atoms with van der Waals surface area (Å²) in [5.74, 6) is -1.14. The molecule has 1 aromatic carbocycles. The molecular weight excluding hydrogens is 212 g/mol. The molecular formula is C8H7ClO3S. The largest absolute Gasteiger partial charge is 0.293 e. The van der Waals surface area contributed by atoms with E-state index in [1.54, 1.807) is 30.3 Å². The Hall–Kier alpha value is -0.870. The van der Waals surface area contributed by atoms with Gasteiger partial charge in [-0.15, -0.1) is 0 Å². The highest BCUT2D eigenvalue weighted by molar-refractivity contribution is 8.14. The maximum Gasteiger partial charge on any atom is 0.240 e. The molecule has 0 radical (unpaired) electrons. The van der Waals surface area contributed by atoms with E-state index in [0.717, 1.165) is 0 Å². The second kappa shape index (κ2) is 3.89. The number of hydrogen-bond acceptors (Lipinski definition) is 3. The smallest absolute Gasteiger partial charge is 0.240 e. The molecule has 0 aromatic heterocycles. The van der Waals surface area contributed by atoms with Crippen LogP contribution in [0.2, 0.25) is 0 Å². The van der Waals surface area contributed by atoms with E-state index in [0.29, 0.717) is 5.56 Å². The van der Waals surface area contributed by atoms with E-state index < -0.39 is 20.6 Å². The summed E-state index contributed by atoms with van der Waals surface area (Å²) in [5, 5.41) is 0. The van der Waals surface area contributed by atoms with Crippen molar-refractivity contribution in [2.75, 3.05) is 5.75 Å². The summed E-state index contributed by atoms with van der Waals surface area (Å²) in [6.07, 6.45) is 0. The lowest BCUT2D eigenvalue weighted by atomic mass is 10.2. The van der Waals surface area contributed by atoms with Crippen molar-refractivity contribution >= 4 is 25.5 Å². The highest BCUT2D eigenvalue weighted by Gasteiger charge is 2.14. The minimum atomic E-state index is -3.75. The van der Waals surface area contributed by atoms with Crippen LogP contribution < -0.4 is 0 Å². The maximum absolute atomic E-state index is 11.2. The number of ketones is 1. The van der Waals surface area contributed by atoms with Crippen LogP contribution in [-0.2, 0) is 9.05 Å². The second-order valence-electron chi connectivity index (χ2n) is 2.47. The number of rotatable bonds is 3. The van der Waals surface area contributed by atoms with Crippen molar-refractivity contribution in [1.29, 1.82) is 0 Å². The molecule has 0 aliphatic heterocycles. The van der Waals surface area contributed by atoms with Crippen molar-refractivity contribution in [3.8, 4) is 0 Å². The molecule has 70 valence electrons. The maximum atomic E-state index is 11.2. The number of Topliss-reactive ketones (excluding diaryl/α,β-unsaturated/α-hetero) is 1. The molecule has 0 atom stereocenters. The molecule has 0 saturated heterocycles. The molecule has 0 amide bonds. The van der Waals surface area contributed by atoms with Crippen LogP contribution >= 0.6 is 10.7 Å². The zero-order valence-corrected chi connectivity index (χ0v) is 8.18. The lowest BCUT2D eigenvalue weighted by molar-refractivity contribution is 0.102. The van der Waals surface area contributed by atoms with Crippen LogP contribution in [0.1, 0.15) is 10.4 Å². The number of benzene rings is 1. The highest BCUT2D eigenvalue weighted by Crippen LogP contribution is 2.04. The van der Waals surface area contributed by atoms with Gasteiger partial charge in [0.2, 0.25) is 9.05 Å². The molecule has 5 heteroatoms. The van der Waals surface area contributed by atoms with Gasteiger partial charge in [-0.3, -0.25) is 4.79 Å². The monoisotopic (exact) mass is 218 g/mol. The summed E-state index contributed by atoms with van der Waals surface area (Å²) in [7, 11) is 1.18. The molecule has 0 heterocycles. The predicted molar refractivity (Wildman–Crippen MR) is 50.4 cm³/mol. The summed E-state index contributed by atoms with van der Waals surface area (Å²) in [5.41, 5.74) is 0.353. The highest BCUT2D eigenvalue weighted by atomic mass is 35.7. The van der Waals surface area contributed by atoms with Crippen LogP contribution in [0.3, 0.4) is 0 Å². The van der Waals surface area contributed by atoms with E-state index in [1.165, 1.54) is 0 Å². The van der Waals surface area contributed by atoms with E-state index in [4.69, 9.17) is 10.7 Å². The molecule has 1 rings (SSSR count). The first kappa shape index (κ1) is 10.2. The molecule has 0 aliphatic rings. The first-order valence-corrected chi connectivity index (χ1v) is 5.97.